The van der Waals surface area contributed by atoms with Crippen LogP contribution in [0.15, 0.2) is 30.6 Å². The number of benzene rings is 1. The molecule has 2 heterocycles. The highest BCUT2D eigenvalue weighted by atomic mass is 19.1. The first-order chi connectivity index (χ1) is 8.15. The molecule has 0 spiro atoms. The van der Waals surface area contributed by atoms with Gasteiger partial charge in [-0.1, -0.05) is 0 Å². The minimum Gasteiger partial charge on any atom is -0.251 e. The van der Waals surface area contributed by atoms with E-state index in [1.807, 2.05) is 6.92 Å². The third-order valence-electron chi connectivity index (χ3n) is 2.76. The first-order valence-corrected chi connectivity index (χ1v) is 5.15. The van der Waals surface area contributed by atoms with Gasteiger partial charge in [-0.25, -0.2) is 8.78 Å². The van der Waals surface area contributed by atoms with Gasteiger partial charge in [-0.15, -0.1) is 0 Å². The van der Waals surface area contributed by atoms with Crippen molar-refractivity contribution in [1.82, 2.24) is 9.97 Å². The Hall–Kier alpha value is -2.10. The predicted octanol–water partition coefficient (Wildman–Crippen LogP) is 3.37. The summed E-state index contributed by atoms with van der Waals surface area (Å²) >= 11 is 0. The van der Waals surface area contributed by atoms with Crippen molar-refractivity contribution in [3.8, 4) is 0 Å². The Morgan fingerprint density at radius 1 is 0.882 bits per heavy atom. The standard InChI is InChI=1S/C13H8F2N2/c1-7-2-8-3-9(14)5-16-12(8)13-11(7)4-10(15)6-17-13/h2-6H,1H3. The number of rotatable bonds is 0. The number of nitrogens with zero attached hydrogens (tertiary/aromatic N) is 2. The fourth-order valence-electron chi connectivity index (χ4n) is 2.00. The van der Waals surface area contributed by atoms with Gasteiger partial charge in [0.2, 0.25) is 0 Å². The van der Waals surface area contributed by atoms with E-state index in [1.54, 1.807) is 6.07 Å². The van der Waals surface area contributed by atoms with E-state index >= 15 is 0 Å². The minimum absolute atomic E-state index is 0.387. The lowest BCUT2D eigenvalue weighted by molar-refractivity contribution is 0.623. The van der Waals surface area contributed by atoms with Crippen LogP contribution in [-0.2, 0) is 0 Å². The minimum atomic E-state index is -0.390. The lowest BCUT2D eigenvalue weighted by atomic mass is 10.1. The summed E-state index contributed by atoms with van der Waals surface area (Å²) in [5, 5.41) is 1.38. The fraction of sp³-hybridized carbons (Fsp3) is 0.0769. The summed E-state index contributed by atoms with van der Waals surface area (Å²) in [5.74, 6) is -0.777. The lowest BCUT2D eigenvalue weighted by Gasteiger charge is -2.05. The smallest absolute Gasteiger partial charge is 0.142 e. The number of halogens is 2. The Kier molecular flexibility index (Phi) is 2.04. The molecule has 17 heavy (non-hydrogen) atoms. The number of aryl methyl sites for hydroxylation is 1. The molecule has 84 valence electrons. The van der Waals surface area contributed by atoms with Crippen LogP contribution in [0.3, 0.4) is 0 Å². The number of aromatic nitrogens is 2. The van der Waals surface area contributed by atoms with Gasteiger partial charge in [0.25, 0.3) is 0 Å². The molecule has 0 amide bonds. The summed E-state index contributed by atoms with van der Waals surface area (Å²) in [5.41, 5.74) is 2.04. The van der Waals surface area contributed by atoms with Crippen LogP contribution in [0.4, 0.5) is 8.78 Å². The van der Waals surface area contributed by atoms with Crippen molar-refractivity contribution in [3.05, 3.63) is 47.8 Å². The Labute approximate surface area is 95.9 Å². The third-order valence-corrected chi connectivity index (χ3v) is 2.76. The van der Waals surface area contributed by atoms with E-state index in [1.165, 1.54) is 12.1 Å². The Balaban J connectivity index is 2.55. The van der Waals surface area contributed by atoms with Crippen LogP contribution in [0, 0.1) is 18.6 Å². The van der Waals surface area contributed by atoms with Crippen molar-refractivity contribution in [2.24, 2.45) is 0 Å². The van der Waals surface area contributed by atoms with E-state index < -0.39 is 5.82 Å². The summed E-state index contributed by atoms with van der Waals surface area (Å²) in [4.78, 5) is 8.06. The van der Waals surface area contributed by atoms with E-state index in [0.717, 1.165) is 18.0 Å². The van der Waals surface area contributed by atoms with Gasteiger partial charge < -0.3 is 0 Å². The molecule has 0 saturated heterocycles. The van der Waals surface area contributed by atoms with Crippen molar-refractivity contribution in [2.45, 2.75) is 6.92 Å². The van der Waals surface area contributed by atoms with Crippen molar-refractivity contribution in [3.63, 3.8) is 0 Å². The van der Waals surface area contributed by atoms with Crippen LogP contribution < -0.4 is 0 Å². The van der Waals surface area contributed by atoms with E-state index in [2.05, 4.69) is 9.97 Å². The monoisotopic (exact) mass is 230 g/mol. The molecular formula is C13H8F2N2. The van der Waals surface area contributed by atoms with Crippen molar-refractivity contribution in [1.29, 1.82) is 0 Å². The third kappa shape index (κ3) is 1.53. The molecule has 0 bridgehead atoms. The molecule has 3 rings (SSSR count). The van der Waals surface area contributed by atoms with Gasteiger partial charge in [-0.3, -0.25) is 9.97 Å². The Bertz CT molecular complexity index is 738. The second-order valence-electron chi connectivity index (χ2n) is 3.97. The van der Waals surface area contributed by atoms with Gasteiger partial charge in [0.05, 0.1) is 23.4 Å². The number of hydrogen-bond donors (Lipinski definition) is 0. The molecule has 1 aromatic carbocycles. The van der Waals surface area contributed by atoms with Crippen LogP contribution >= 0.6 is 0 Å². The SMILES string of the molecule is Cc1cc2cc(F)cnc2c2ncc(F)cc12. The molecule has 0 unspecified atom stereocenters. The zero-order valence-electron chi connectivity index (χ0n) is 9.04. The molecule has 0 aliphatic rings. The lowest BCUT2D eigenvalue weighted by Crippen LogP contribution is -1.90. The molecule has 0 aliphatic carbocycles. The molecule has 0 radical (unpaired) electrons. The molecule has 3 aromatic rings. The zero-order chi connectivity index (χ0) is 12.0. The van der Waals surface area contributed by atoms with E-state index in [0.29, 0.717) is 21.8 Å². The maximum atomic E-state index is 13.1. The van der Waals surface area contributed by atoms with Crippen LogP contribution in [0.2, 0.25) is 0 Å². The Morgan fingerprint density at radius 2 is 1.53 bits per heavy atom. The highest BCUT2D eigenvalue weighted by Crippen LogP contribution is 2.26. The van der Waals surface area contributed by atoms with Crippen molar-refractivity contribution in [2.75, 3.05) is 0 Å². The Morgan fingerprint density at radius 3 is 2.29 bits per heavy atom. The molecular weight excluding hydrogens is 222 g/mol. The normalized spacial score (nSPS) is 11.2. The number of fused-ring (bicyclic) bond motifs is 3. The van der Waals surface area contributed by atoms with Crippen molar-refractivity contribution >= 4 is 21.8 Å². The van der Waals surface area contributed by atoms with Gasteiger partial charge in [0.15, 0.2) is 0 Å². The van der Waals surface area contributed by atoms with E-state index in [9.17, 15) is 8.78 Å². The van der Waals surface area contributed by atoms with Crippen LogP contribution in [0.5, 0.6) is 0 Å². The van der Waals surface area contributed by atoms with Gasteiger partial charge in [0, 0.05) is 10.8 Å². The quantitative estimate of drug-likeness (QED) is 0.553. The second-order valence-corrected chi connectivity index (χ2v) is 3.97. The van der Waals surface area contributed by atoms with E-state index in [-0.39, 0.29) is 5.82 Å². The molecule has 0 aliphatic heterocycles. The fourth-order valence-corrected chi connectivity index (χ4v) is 2.00. The first kappa shape index (κ1) is 10.1. The molecule has 0 fully saturated rings. The van der Waals surface area contributed by atoms with Crippen molar-refractivity contribution < 1.29 is 8.78 Å². The molecule has 4 heteroatoms. The first-order valence-electron chi connectivity index (χ1n) is 5.15. The predicted molar refractivity (Wildman–Crippen MR) is 61.7 cm³/mol. The highest BCUT2D eigenvalue weighted by molar-refractivity contribution is 6.04. The van der Waals surface area contributed by atoms with Gasteiger partial charge in [-0.2, -0.15) is 0 Å². The molecule has 0 N–H and O–H groups in total. The summed E-state index contributed by atoms with van der Waals surface area (Å²) in [6.07, 6.45) is 2.29. The largest absolute Gasteiger partial charge is 0.251 e. The van der Waals surface area contributed by atoms with Gasteiger partial charge in [-0.05, 0) is 30.7 Å². The average molecular weight is 230 g/mol. The summed E-state index contributed by atoms with van der Waals surface area (Å²) < 4.78 is 26.2. The summed E-state index contributed by atoms with van der Waals surface area (Å²) in [7, 11) is 0. The molecule has 0 saturated carbocycles. The van der Waals surface area contributed by atoms with E-state index in [4.69, 9.17) is 0 Å². The topological polar surface area (TPSA) is 25.8 Å². The van der Waals surface area contributed by atoms with Crippen LogP contribution in [-0.4, -0.2) is 9.97 Å². The van der Waals surface area contributed by atoms with Crippen LogP contribution in [0.25, 0.3) is 21.8 Å². The van der Waals surface area contributed by atoms with Gasteiger partial charge >= 0.3 is 0 Å². The highest BCUT2D eigenvalue weighted by Gasteiger charge is 2.08. The maximum absolute atomic E-state index is 13.1. The maximum Gasteiger partial charge on any atom is 0.142 e. The number of pyridine rings is 2. The van der Waals surface area contributed by atoms with Gasteiger partial charge in [0.1, 0.15) is 11.6 Å². The average Bonchev–Trinajstić information content (AvgIpc) is 2.29. The second kappa shape index (κ2) is 3.45. The van der Waals surface area contributed by atoms with Crippen LogP contribution in [0.1, 0.15) is 5.56 Å². The summed E-state index contributed by atoms with van der Waals surface area (Å²) in [6, 6.07) is 4.61. The zero-order valence-corrected chi connectivity index (χ0v) is 9.04. The number of hydrogen-bond acceptors (Lipinski definition) is 2. The molecule has 2 nitrogen and oxygen atoms in total. The summed E-state index contributed by atoms with van der Waals surface area (Å²) in [6.45, 7) is 1.84. The molecule has 0 atom stereocenters. The molecule has 2 aromatic heterocycles.